The van der Waals surface area contributed by atoms with Crippen LogP contribution in [-0.4, -0.2) is 23.0 Å². The molecule has 1 atom stereocenters. The molecule has 0 fully saturated rings. The fourth-order valence-corrected chi connectivity index (χ4v) is 1.61. The zero-order valence-corrected chi connectivity index (χ0v) is 10.5. The second-order valence-electron chi connectivity index (χ2n) is 4.49. The van der Waals surface area contributed by atoms with Crippen molar-refractivity contribution in [2.75, 3.05) is 0 Å². The van der Waals surface area contributed by atoms with Gasteiger partial charge in [0.2, 0.25) is 0 Å². The van der Waals surface area contributed by atoms with E-state index in [1.54, 1.807) is 20.8 Å². The molecular weight excluding hydrogens is 237 g/mol. The highest BCUT2D eigenvalue weighted by Crippen LogP contribution is 2.11. The maximum atomic E-state index is 12.9. The number of rotatable bonds is 4. The smallest absolute Gasteiger partial charge is 0.326 e. The number of carboxylic acid groups (broad SMARTS) is 1. The summed E-state index contributed by atoms with van der Waals surface area (Å²) in [5.74, 6) is -2.25. The molecule has 18 heavy (non-hydrogen) atoms. The average Bonchev–Trinajstić information content (AvgIpc) is 2.24. The maximum Gasteiger partial charge on any atom is 0.326 e. The molecular formula is C13H16FNO3. The average molecular weight is 253 g/mol. The molecule has 0 spiro atoms. The summed E-state index contributed by atoms with van der Waals surface area (Å²) in [5.41, 5.74) is 0.753. The van der Waals surface area contributed by atoms with E-state index in [9.17, 15) is 14.0 Å². The summed E-state index contributed by atoms with van der Waals surface area (Å²) in [4.78, 5) is 22.9. The van der Waals surface area contributed by atoms with Crippen LogP contribution in [0.1, 0.15) is 29.8 Å². The van der Waals surface area contributed by atoms with Crippen LogP contribution in [0.5, 0.6) is 0 Å². The van der Waals surface area contributed by atoms with Crippen molar-refractivity contribution in [1.82, 2.24) is 5.32 Å². The second kappa shape index (κ2) is 5.62. The number of carbonyl (C=O) groups excluding carboxylic acids is 1. The topological polar surface area (TPSA) is 66.4 Å². The van der Waals surface area contributed by atoms with Gasteiger partial charge in [0.05, 0.1) is 0 Å². The number of carbonyl (C=O) groups is 2. The van der Waals surface area contributed by atoms with Crippen LogP contribution in [0.2, 0.25) is 0 Å². The van der Waals surface area contributed by atoms with Crippen LogP contribution in [0.4, 0.5) is 4.39 Å². The quantitative estimate of drug-likeness (QED) is 0.862. The third kappa shape index (κ3) is 3.29. The number of halogens is 1. The van der Waals surface area contributed by atoms with Gasteiger partial charge < -0.3 is 10.4 Å². The number of carboxylic acids is 1. The van der Waals surface area contributed by atoms with Crippen LogP contribution in [0.15, 0.2) is 18.2 Å². The molecule has 0 saturated carbocycles. The third-order valence-electron chi connectivity index (χ3n) is 2.65. The van der Waals surface area contributed by atoms with Crippen molar-refractivity contribution in [2.24, 2.45) is 5.92 Å². The second-order valence-corrected chi connectivity index (χ2v) is 4.49. The fraction of sp³-hybridized carbons (Fsp3) is 0.385. The highest BCUT2D eigenvalue weighted by atomic mass is 19.1. The molecule has 0 radical (unpaired) electrons. The summed E-state index contributed by atoms with van der Waals surface area (Å²) in [5, 5.41) is 11.4. The van der Waals surface area contributed by atoms with Crippen LogP contribution in [0.3, 0.4) is 0 Å². The largest absolute Gasteiger partial charge is 0.480 e. The highest BCUT2D eigenvalue weighted by molar-refractivity contribution is 5.97. The maximum absolute atomic E-state index is 12.9. The van der Waals surface area contributed by atoms with E-state index in [-0.39, 0.29) is 11.5 Å². The van der Waals surface area contributed by atoms with Crippen molar-refractivity contribution < 1.29 is 19.1 Å². The van der Waals surface area contributed by atoms with Gasteiger partial charge in [-0.1, -0.05) is 13.8 Å². The minimum atomic E-state index is -1.09. The first-order valence-corrected chi connectivity index (χ1v) is 5.62. The summed E-state index contributed by atoms with van der Waals surface area (Å²) in [6.45, 7) is 5.01. The Morgan fingerprint density at radius 1 is 1.33 bits per heavy atom. The van der Waals surface area contributed by atoms with Gasteiger partial charge in [0, 0.05) is 5.56 Å². The highest BCUT2D eigenvalue weighted by Gasteiger charge is 2.24. The minimum Gasteiger partial charge on any atom is -0.480 e. The Hall–Kier alpha value is -1.91. The molecule has 0 bridgehead atoms. The lowest BCUT2D eigenvalue weighted by atomic mass is 10.0. The number of amides is 1. The standard InChI is InChI=1S/C13H16FNO3/c1-7(2)11(13(17)18)15-12(16)10-5-4-9(14)6-8(10)3/h4-7,11H,1-3H3,(H,15,16)(H,17,18). The molecule has 1 rings (SSSR count). The van der Waals surface area contributed by atoms with Gasteiger partial charge in [-0.25, -0.2) is 9.18 Å². The zero-order valence-electron chi connectivity index (χ0n) is 10.5. The van der Waals surface area contributed by atoms with Gasteiger partial charge in [-0.2, -0.15) is 0 Å². The van der Waals surface area contributed by atoms with Crippen LogP contribution in [0, 0.1) is 18.7 Å². The fourth-order valence-electron chi connectivity index (χ4n) is 1.61. The Morgan fingerprint density at radius 2 is 1.94 bits per heavy atom. The number of hydrogen-bond donors (Lipinski definition) is 2. The summed E-state index contributed by atoms with van der Waals surface area (Å²) in [6, 6.07) is 2.80. The third-order valence-corrected chi connectivity index (χ3v) is 2.65. The van der Waals surface area contributed by atoms with Gasteiger partial charge in [-0.3, -0.25) is 4.79 Å². The summed E-state index contributed by atoms with van der Waals surface area (Å²) in [7, 11) is 0. The van der Waals surface area contributed by atoms with Crippen molar-refractivity contribution in [3.05, 3.63) is 35.1 Å². The van der Waals surface area contributed by atoms with Crippen molar-refractivity contribution in [3.8, 4) is 0 Å². The molecule has 0 aliphatic carbocycles. The van der Waals surface area contributed by atoms with E-state index in [4.69, 9.17) is 5.11 Å². The van der Waals surface area contributed by atoms with Gasteiger partial charge in [-0.15, -0.1) is 0 Å². The predicted molar refractivity (Wildman–Crippen MR) is 64.9 cm³/mol. The Kier molecular flexibility index (Phi) is 4.42. The molecule has 0 aliphatic rings. The number of aryl methyl sites for hydroxylation is 1. The van der Waals surface area contributed by atoms with Crippen LogP contribution in [0.25, 0.3) is 0 Å². The summed E-state index contributed by atoms with van der Waals surface area (Å²) in [6.07, 6.45) is 0. The molecule has 5 heteroatoms. The first kappa shape index (κ1) is 14.2. The predicted octanol–water partition coefficient (Wildman–Crippen LogP) is 1.97. The molecule has 2 N–H and O–H groups in total. The SMILES string of the molecule is Cc1cc(F)ccc1C(=O)NC(C(=O)O)C(C)C. The van der Waals surface area contributed by atoms with Crippen molar-refractivity contribution in [2.45, 2.75) is 26.8 Å². The molecule has 0 aromatic heterocycles. The Labute approximate surface area is 105 Å². The minimum absolute atomic E-state index is 0.229. The lowest BCUT2D eigenvalue weighted by Crippen LogP contribution is -2.44. The van der Waals surface area contributed by atoms with Crippen molar-refractivity contribution in [3.63, 3.8) is 0 Å². The van der Waals surface area contributed by atoms with Crippen molar-refractivity contribution >= 4 is 11.9 Å². The van der Waals surface area contributed by atoms with E-state index in [2.05, 4.69) is 5.32 Å². The van der Waals surface area contributed by atoms with Gasteiger partial charge >= 0.3 is 5.97 Å². The molecule has 98 valence electrons. The molecule has 0 aliphatic heterocycles. The lowest BCUT2D eigenvalue weighted by Gasteiger charge is -2.18. The number of nitrogens with one attached hydrogen (secondary N) is 1. The molecule has 1 unspecified atom stereocenters. The molecule has 0 heterocycles. The Balaban J connectivity index is 2.91. The molecule has 1 aromatic carbocycles. The molecule has 0 saturated heterocycles. The monoisotopic (exact) mass is 253 g/mol. The number of aliphatic carboxylic acids is 1. The van der Waals surface area contributed by atoms with Gasteiger partial charge in [0.25, 0.3) is 5.91 Å². The van der Waals surface area contributed by atoms with E-state index in [1.807, 2.05) is 0 Å². The summed E-state index contributed by atoms with van der Waals surface area (Å²) < 4.78 is 12.9. The van der Waals surface area contributed by atoms with Crippen LogP contribution < -0.4 is 5.32 Å². The Morgan fingerprint density at radius 3 is 2.39 bits per heavy atom. The van der Waals surface area contributed by atoms with E-state index < -0.39 is 23.7 Å². The van der Waals surface area contributed by atoms with Gasteiger partial charge in [-0.05, 0) is 36.6 Å². The van der Waals surface area contributed by atoms with Gasteiger partial charge in [0.15, 0.2) is 0 Å². The zero-order chi connectivity index (χ0) is 13.9. The van der Waals surface area contributed by atoms with Crippen molar-refractivity contribution in [1.29, 1.82) is 0 Å². The first-order valence-electron chi connectivity index (χ1n) is 5.62. The van der Waals surface area contributed by atoms with Gasteiger partial charge in [0.1, 0.15) is 11.9 Å². The number of hydrogen-bond acceptors (Lipinski definition) is 2. The van der Waals surface area contributed by atoms with E-state index >= 15 is 0 Å². The van der Waals surface area contributed by atoms with E-state index in [0.717, 1.165) is 0 Å². The molecule has 4 nitrogen and oxygen atoms in total. The molecule has 1 aromatic rings. The lowest BCUT2D eigenvalue weighted by molar-refractivity contribution is -0.140. The normalized spacial score (nSPS) is 12.3. The van der Waals surface area contributed by atoms with E-state index in [0.29, 0.717) is 5.56 Å². The summed E-state index contributed by atoms with van der Waals surface area (Å²) >= 11 is 0. The first-order chi connectivity index (χ1) is 8.32. The van der Waals surface area contributed by atoms with Crippen LogP contribution >= 0.6 is 0 Å². The van der Waals surface area contributed by atoms with E-state index in [1.165, 1.54) is 18.2 Å². The number of benzene rings is 1. The molecule has 1 amide bonds. The Bertz CT molecular complexity index is 471. The van der Waals surface area contributed by atoms with Crippen LogP contribution in [-0.2, 0) is 4.79 Å².